The van der Waals surface area contributed by atoms with Crippen LogP contribution in [0.1, 0.15) is 17.7 Å². The van der Waals surface area contributed by atoms with Gasteiger partial charge >= 0.3 is 0 Å². The van der Waals surface area contributed by atoms with Gasteiger partial charge in [0.1, 0.15) is 6.10 Å². The summed E-state index contributed by atoms with van der Waals surface area (Å²) in [6.07, 6.45) is 0.433. The van der Waals surface area contributed by atoms with Gasteiger partial charge in [-0.05, 0) is 44.0 Å². The van der Waals surface area contributed by atoms with Crippen LogP contribution in [-0.4, -0.2) is 36.9 Å². The summed E-state index contributed by atoms with van der Waals surface area (Å²) < 4.78 is 33.0. The lowest BCUT2D eigenvalue weighted by Gasteiger charge is -2.18. The molecule has 1 unspecified atom stereocenters. The van der Waals surface area contributed by atoms with Gasteiger partial charge in [-0.2, -0.15) is 4.31 Å². The van der Waals surface area contributed by atoms with E-state index in [1.807, 2.05) is 19.1 Å². The highest BCUT2D eigenvalue weighted by molar-refractivity contribution is 7.89. The fraction of sp³-hybridized carbons (Fsp3) is 0.353. The van der Waals surface area contributed by atoms with Crippen LogP contribution in [0.4, 0.5) is 0 Å². The molecule has 0 amide bonds. The summed E-state index contributed by atoms with van der Waals surface area (Å²) in [6.45, 7) is 4.34. The van der Waals surface area contributed by atoms with Crippen LogP contribution in [0.2, 0.25) is 5.02 Å². The maximum atomic E-state index is 12.9. The second-order valence-electron chi connectivity index (χ2n) is 5.87. The largest absolute Gasteiger partial charge is 0.473 e. The molecule has 3 rings (SSSR count). The molecule has 2 heterocycles. The number of aryl methyl sites for hydroxylation is 1. The molecule has 0 bridgehead atoms. The van der Waals surface area contributed by atoms with Gasteiger partial charge in [-0.3, -0.25) is 0 Å². The number of benzene rings is 1. The van der Waals surface area contributed by atoms with Crippen molar-refractivity contribution in [2.45, 2.75) is 31.3 Å². The first kappa shape index (κ1) is 17.2. The molecular weight excluding hydrogens is 348 g/mol. The number of nitrogens with zero attached hydrogens (tertiary/aromatic N) is 2. The fourth-order valence-corrected chi connectivity index (χ4v) is 4.74. The molecule has 0 saturated carbocycles. The molecule has 128 valence electrons. The Balaban J connectivity index is 1.76. The van der Waals surface area contributed by atoms with Gasteiger partial charge in [-0.25, -0.2) is 13.4 Å². The summed E-state index contributed by atoms with van der Waals surface area (Å²) in [6, 6.07) is 10.5. The van der Waals surface area contributed by atoms with Gasteiger partial charge in [0.25, 0.3) is 0 Å². The Morgan fingerprint density at radius 3 is 2.71 bits per heavy atom. The summed E-state index contributed by atoms with van der Waals surface area (Å²) in [5.41, 5.74) is 1.44. The zero-order valence-electron chi connectivity index (χ0n) is 13.6. The van der Waals surface area contributed by atoms with Gasteiger partial charge in [0, 0.05) is 23.3 Å². The lowest BCUT2D eigenvalue weighted by atomic mass is 10.2. The Labute approximate surface area is 147 Å². The van der Waals surface area contributed by atoms with Gasteiger partial charge in [0.2, 0.25) is 15.9 Å². The van der Waals surface area contributed by atoms with E-state index in [2.05, 4.69) is 4.98 Å². The fourth-order valence-electron chi connectivity index (χ4n) is 2.77. The van der Waals surface area contributed by atoms with Gasteiger partial charge in [0.15, 0.2) is 0 Å². The topological polar surface area (TPSA) is 59.5 Å². The highest BCUT2D eigenvalue weighted by atomic mass is 35.5. The summed E-state index contributed by atoms with van der Waals surface area (Å²) in [5, 5.41) is 0.451. The van der Waals surface area contributed by atoms with E-state index in [1.165, 1.54) is 4.31 Å². The molecule has 5 nitrogen and oxygen atoms in total. The molecule has 0 radical (unpaired) electrons. The molecule has 1 aliphatic heterocycles. The van der Waals surface area contributed by atoms with E-state index in [-0.39, 0.29) is 11.0 Å². The molecule has 0 spiro atoms. The van der Waals surface area contributed by atoms with Crippen molar-refractivity contribution in [2.24, 2.45) is 0 Å². The lowest BCUT2D eigenvalue weighted by Crippen LogP contribution is -2.31. The number of halogens is 1. The van der Waals surface area contributed by atoms with E-state index >= 15 is 0 Å². The van der Waals surface area contributed by atoms with Crippen LogP contribution in [0, 0.1) is 13.8 Å². The number of aromatic nitrogens is 1. The highest BCUT2D eigenvalue weighted by Gasteiger charge is 2.34. The van der Waals surface area contributed by atoms with Gasteiger partial charge < -0.3 is 4.74 Å². The van der Waals surface area contributed by atoms with Crippen LogP contribution >= 0.6 is 11.6 Å². The first-order chi connectivity index (χ1) is 11.4. The summed E-state index contributed by atoms with van der Waals surface area (Å²) in [4.78, 5) is 4.55. The Morgan fingerprint density at radius 1 is 1.21 bits per heavy atom. The molecule has 7 heteroatoms. The molecule has 1 atom stereocenters. The summed E-state index contributed by atoms with van der Waals surface area (Å²) in [7, 11) is -3.58. The number of hydrogen-bond donors (Lipinski definition) is 0. The van der Waals surface area contributed by atoms with E-state index in [0.29, 0.717) is 36.0 Å². The van der Waals surface area contributed by atoms with Crippen molar-refractivity contribution in [3.63, 3.8) is 0 Å². The van der Waals surface area contributed by atoms with E-state index in [1.54, 1.807) is 31.2 Å². The summed E-state index contributed by atoms with van der Waals surface area (Å²) >= 11 is 6.06. The monoisotopic (exact) mass is 366 g/mol. The van der Waals surface area contributed by atoms with Gasteiger partial charge in [0.05, 0.1) is 11.4 Å². The van der Waals surface area contributed by atoms with Crippen molar-refractivity contribution < 1.29 is 13.2 Å². The molecule has 1 saturated heterocycles. The molecule has 1 aliphatic rings. The molecule has 2 aromatic rings. The number of ether oxygens (including phenoxy) is 1. The van der Waals surface area contributed by atoms with Crippen molar-refractivity contribution in [3.8, 4) is 5.88 Å². The Hall–Kier alpha value is -1.63. The predicted octanol–water partition coefficient (Wildman–Crippen LogP) is 3.19. The Bertz CT molecular complexity index is 855. The second-order valence-corrected chi connectivity index (χ2v) is 8.19. The van der Waals surface area contributed by atoms with Crippen molar-refractivity contribution in [2.75, 3.05) is 13.1 Å². The van der Waals surface area contributed by atoms with Crippen molar-refractivity contribution in [1.29, 1.82) is 0 Å². The first-order valence-corrected chi connectivity index (χ1v) is 9.55. The summed E-state index contributed by atoms with van der Waals surface area (Å²) in [5.74, 6) is 0.526. The molecule has 1 fully saturated rings. The number of hydrogen-bond acceptors (Lipinski definition) is 4. The van der Waals surface area contributed by atoms with Crippen LogP contribution in [0.15, 0.2) is 41.3 Å². The third kappa shape index (κ3) is 3.41. The minimum absolute atomic E-state index is 0.200. The van der Waals surface area contributed by atoms with Gasteiger partial charge in [-0.1, -0.05) is 23.7 Å². The lowest BCUT2D eigenvalue weighted by molar-refractivity contribution is 0.206. The van der Waals surface area contributed by atoms with Crippen LogP contribution in [0.5, 0.6) is 5.88 Å². The maximum Gasteiger partial charge on any atom is 0.243 e. The predicted molar refractivity (Wildman–Crippen MR) is 93.0 cm³/mol. The van der Waals surface area contributed by atoms with Gasteiger partial charge in [-0.15, -0.1) is 0 Å². The Kier molecular flexibility index (Phi) is 4.80. The zero-order valence-corrected chi connectivity index (χ0v) is 15.1. The van der Waals surface area contributed by atoms with Crippen molar-refractivity contribution in [1.82, 2.24) is 9.29 Å². The quantitative estimate of drug-likeness (QED) is 0.833. The van der Waals surface area contributed by atoms with Crippen LogP contribution in [-0.2, 0) is 10.0 Å². The van der Waals surface area contributed by atoms with Crippen LogP contribution in [0.25, 0.3) is 0 Å². The molecular formula is C17H19ClN2O3S. The minimum Gasteiger partial charge on any atom is -0.473 e. The average Bonchev–Trinajstić information content (AvgIpc) is 2.99. The van der Waals surface area contributed by atoms with E-state index < -0.39 is 10.0 Å². The average molecular weight is 367 g/mol. The number of rotatable bonds is 4. The van der Waals surface area contributed by atoms with Crippen molar-refractivity contribution in [3.05, 3.63) is 52.7 Å². The third-order valence-corrected chi connectivity index (χ3v) is 6.51. The van der Waals surface area contributed by atoms with Crippen molar-refractivity contribution >= 4 is 21.6 Å². The molecule has 1 aromatic carbocycles. The standard InChI is InChI=1S/C17H19ClN2O3S/c1-12-5-3-8-17(19-12)23-14-9-10-20(11-14)24(21,22)16-7-4-6-15(18)13(16)2/h3-8,14H,9-11H2,1-2H3. The highest BCUT2D eigenvalue weighted by Crippen LogP contribution is 2.28. The van der Waals surface area contributed by atoms with E-state index in [0.717, 1.165) is 5.69 Å². The van der Waals surface area contributed by atoms with Crippen LogP contribution < -0.4 is 4.74 Å². The van der Waals surface area contributed by atoms with E-state index in [4.69, 9.17) is 16.3 Å². The zero-order chi connectivity index (χ0) is 17.3. The Morgan fingerprint density at radius 2 is 1.96 bits per heavy atom. The SMILES string of the molecule is Cc1cccc(OC2CCN(S(=O)(=O)c3cccc(Cl)c3C)C2)n1. The number of sulfonamides is 1. The maximum absolute atomic E-state index is 12.9. The molecule has 24 heavy (non-hydrogen) atoms. The number of pyridine rings is 1. The van der Waals surface area contributed by atoms with E-state index in [9.17, 15) is 8.42 Å². The third-order valence-electron chi connectivity index (χ3n) is 4.09. The molecule has 0 aliphatic carbocycles. The smallest absolute Gasteiger partial charge is 0.243 e. The molecule has 0 N–H and O–H groups in total. The first-order valence-electron chi connectivity index (χ1n) is 7.73. The minimum atomic E-state index is -3.58. The normalized spacial score (nSPS) is 18.7. The molecule has 1 aromatic heterocycles. The second kappa shape index (κ2) is 6.70. The van der Waals surface area contributed by atoms with Crippen LogP contribution in [0.3, 0.4) is 0 Å².